The first-order valence-electron chi connectivity index (χ1n) is 5.42. The molecule has 0 aromatic heterocycles. The number of hydrogen-bond acceptors (Lipinski definition) is 2. The zero-order chi connectivity index (χ0) is 12.8. The maximum Gasteiger partial charge on any atom is 0.312 e. The van der Waals surface area contributed by atoms with Crippen LogP contribution in [0.3, 0.4) is 0 Å². The van der Waals surface area contributed by atoms with Crippen molar-refractivity contribution in [1.82, 2.24) is 10.6 Å². The lowest BCUT2D eigenvalue weighted by atomic mass is 10.1. The van der Waals surface area contributed by atoms with E-state index in [-0.39, 0.29) is 11.9 Å². The van der Waals surface area contributed by atoms with Crippen LogP contribution in [0.1, 0.15) is 25.5 Å². The zero-order valence-electron chi connectivity index (χ0n) is 9.94. The highest BCUT2D eigenvalue weighted by atomic mass is 16.2. The summed E-state index contributed by atoms with van der Waals surface area (Å²) >= 11 is 0. The van der Waals surface area contributed by atoms with E-state index in [4.69, 9.17) is 5.73 Å². The molecule has 1 rings (SSSR count). The highest BCUT2D eigenvalue weighted by Crippen LogP contribution is 2.10. The minimum atomic E-state index is -0.708. The van der Waals surface area contributed by atoms with Gasteiger partial charge in [-0.3, -0.25) is 4.79 Å². The molecule has 4 N–H and O–H groups in total. The molecule has 1 aromatic rings. The molecule has 0 aliphatic heterocycles. The molecule has 0 fully saturated rings. The van der Waals surface area contributed by atoms with Crippen molar-refractivity contribution in [2.45, 2.75) is 25.9 Å². The number of urea groups is 1. The Morgan fingerprint density at radius 2 is 1.71 bits per heavy atom. The SMILES string of the molecule is CC(NC(N)=O)C(=O)NC(C)c1ccccc1. The second-order valence-corrected chi connectivity index (χ2v) is 3.87. The Balaban J connectivity index is 2.54. The number of primary amides is 1. The Hall–Kier alpha value is -2.04. The fourth-order valence-electron chi connectivity index (χ4n) is 1.44. The molecule has 0 aliphatic rings. The average molecular weight is 235 g/mol. The van der Waals surface area contributed by atoms with E-state index in [0.717, 1.165) is 5.56 Å². The number of amides is 3. The minimum absolute atomic E-state index is 0.110. The minimum Gasteiger partial charge on any atom is -0.352 e. The second-order valence-electron chi connectivity index (χ2n) is 3.87. The predicted molar refractivity (Wildman–Crippen MR) is 65.2 cm³/mol. The van der Waals surface area contributed by atoms with Crippen LogP contribution in [0.4, 0.5) is 4.79 Å². The Bertz CT molecular complexity index is 392. The van der Waals surface area contributed by atoms with Crippen LogP contribution < -0.4 is 16.4 Å². The Kier molecular flexibility index (Phi) is 4.51. The molecule has 0 radical (unpaired) electrons. The van der Waals surface area contributed by atoms with Crippen molar-refractivity contribution in [2.75, 3.05) is 0 Å². The van der Waals surface area contributed by atoms with Crippen molar-refractivity contribution in [1.29, 1.82) is 0 Å². The van der Waals surface area contributed by atoms with E-state index < -0.39 is 12.1 Å². The summed E-state index contributed by atoms with van der Waals surface area (Å²) in [5.41, 5.74) is 5.95. The smallest absolute Gasteiger partial charge is 0.312 e. The van der Waals surface area contributed by atoms with Crippen LogP contribution in [0.25, 0.3) is 0 Å². The summed E-state index contributed by atoms with van der Waals surface area (Å²) in [5, 5.41) is 5.12. The normalized spacial score (nSPS) is 13.5. The summed E-state index contributed by atoms with van der Waals surface area (Å²) in [6.07, 6.45) is 0. The molecule has 0 bridgehead atoms. The third-order valence-corrected chi connectivity index (χ3v) is 2.41. The molecule has 0 saturated carbocycles. The second kappa shape index (κ2) is 5.89. The van der Waals surface area contributed by atoms with Gasteiger partial charge in [-0.1, -0.05) is 30.3 Å². The molecule has 1 aromatic carbocycles. The molecule has 0 aliphatic carbocycles. The van der Waals surface area contributed by atoms with Gasteiger partial charge in [0.05, 0.1) is 6.04 Å². The van der Waals surface area contributed by atoms with Crippen LogP contribution in [-0.2, 0) is 4.79 Å². The van der Waals surface area contributed by atoms with Crippen LogP contribution in [0, 0.1) is 0 Å². The van der Waals surface area contributed by atoms with E-state index in [2.05, 4.69) is 10.6 Å². The van der Waals surface area contributed by atoms with Gasteiger partial charge < -0.3 is 16.4 Å². The van der Waals surface area contributed by atoms with Crippen LogP contribution in [0.2, 0.25) is 0 Å². The lowest BCUT2D eigenvalue weighted by Crippen LogP contribution is -2.47. The predicted octanol–water partition coefficient (Wildman–Crippen LogP) is 0.921. The van der Waals surface area contributed by atoms with Crippen molar-refractivity contribution in [3.63, 3.8) is 0 Å². The monoisotopic (exact) mass is 235 g/mol. The molecule has 3 amide bonds. The topological polar surface area (TPSA) is 84.2 Å². The lowest BCUT2D eigenvalue weighted by Gasteiger charge is -2.18. The first-order valence-corrected chi connectivity index (χ1v) is 5.42. The van der Waals surface area contributed by atoms with Crippen molar-refractivity contribution in [3.8, 4) is 0 Å². The Labute approximate surface area is 100 Å². The fourth-order valence-corrected chi connectivity index (χ4v) is 1.44. The number of rotatable bonds is 4. The molecule has 5 heteroatoms. The number of hydrogen-bond donors (Lipinski definition) is 3. The third kappa shape index (κ3) is 4.14. The number of carbonyl (C=O) groups excluding carboxylic acids is 2. The number of benzene rings is 1. The molecule has 92 valence electrons. The average Bonchev–Trinajstić information content (AvgIpc) is 2.29. The van der Waals surface area contributed by atoms with Gasteiger partial charge in [0.2, 0.25) is 5.91 Å². The third-order valence-electron chi connectivity index (χ3n) is 2.41. The number of carbonyl (C=O) groups is 2. The Morgan fingerprint density at radius 3 is 2.24 bits per heavy atom. The summed E-state index contributed by atoms with van der Waals surface area (Å²) in [6, 6.07) is 8.12. The maximum atomic E-state index is 11.7. The molecule has 0 heterocycles. The Morgan fingerprint density at radius 1 is 1.12 bits per heavy atom. The van der Waals surface area contributed by atoms with Crippen LogP contribution >= 0.6 is 0 Å². The molecule has 0 saturated heterocycles. The van der Waals surface area contributed by atoms with Gasteiger partial charge in [0.1, 0.15) is 6.04 Å². The lowest BCUT2D eigenvalue weighted by molar-refractivity contribution is -0.123. The van der Waals surface area contributed by atoms with Gasteiger partial charge >= 0.3 is 6.03 Å². The van der Waals surface area contributed by atoms with Crippen LogP contribution in [-0.4, -0.2) is 18.0 Å². The van der Waals surface area contributed by atoms with Gasteiger partial charge in [0, 0.05) is 0 Å². The summed E-state index contributed by atoms with van der Waals surface area (Å²) in [5.74, 6) is -0.264. The first-order chi connectivity index (χ1) is 8.00. The molecular weight excluding hydrogens is 218 g/mol. The molecule has 5 nitrogen and oxygen atoms in total. The van der Waals surface area contributed by atoms with Crippen LogP contribution in [0.15, 0.2) is 30.3 Å². The van der Waals surface area contributed by atoms with E-state index in [1.807, 2.05) is 37.3 Å². The zero-order valence-corrected chi connectivity index (χ0v) is 9.94. The molecule has 2 unspecified atom stereocenters. The summed E-state index contributed by atoms with van der Waals surface area (Å²) < 4.78 is 0. The van der Waals surface area contributed by atoms with Crippen LogP contribution in [0.5, 0.6) is 0 Å². The van der Waals surface area contributed by atoms with Gasteiger partial charge in [-0.05, 0) is 19.4 Å². The maximum absolute atomic E-state index is 11.7. The van der Waals surface area contributed by atoms with Crippen molar-refractivity contribution in [3.05, 3.63) is 35.9 Å². The van der Waals surface area contributed by atoms with E-state index in [1.54, 1.807) is 6.92 Å². The standard InChI is InChI=1S/C12H17N3O2/c1-8(10-6-4-3-5-7-10)14-11(16)9(2)15-12(13)17/h3-9H,1-2H3,(H,14,16)(H3,13,15,17). The highest BCUT2D eigenvalue weighted by molar-refractivity contribution is 5.86. The van der Waals surface area contributed by atoms with E-state index in [1.165, 1.54) is 0 Å². The van der Waals surface area contributed by atoms with Gasteiger partial charge in [0.15, 0.2) is 0 Å². The summed E-state index contributed by atoms with van der Waals surface area (Å²) in [7, 11) is 0. The van der Waals surface area contributed by atoms with E-state index in [0.29, 0.717) is 0 Å². The largest absolute Gasteiger partial charge is 0.352 e. The van der Waals surface area contributed by atoms with Crippen molar-refractivity contribution in [2.24, 2.45) is 5.73 Å². The quantitative estimate of drug-likeness (QED) is 0.725. The van der Waals surface area contributed by atoms with Gasteiger partial charge in [-0.15, -0.1) is 0 Å². The number of nitrogens with one attached hydrogen (secondary N) is 2. The van der Waals surface area contributed by atoms with Crippen molar-refractivity contribution >= 4 is 11.9 Å². The van der Waals surface area contributed by atoms with Gasteiger partial charge in [0.25, 0.3) is 0 Å². The molecule has 17 heavy (non-hydrogen) atoms. The molecule has 2 atom stereocenters. The number of nitrogens with two attached hydrogens (primary N) is 1. The molecular formula is C12H17N3O2. The fraction of sp³-hybridized carbons (Fsp3) is 0.333. The van der Waals surface area contributed by atoms with E-state index in [9.17, 15) is 9.59 Å². The van der Waals surface area contributed by atoms with Gasteiger partial charge in [-0.2, -0.15) is 0 Å². The highest BCUT2D eigenvalue weighted by Gasteiger charge is 2.16. The first kappa shape index (κ1) is 13.0. The van der Waals surface area contributed by atoms with Gasteiger partial charge in [-0.25, -0.2) is 4.79 Å². The summed E-state index contributed by atoms with van der Waals surface area (Å²) in [4.78, 5) is 22.3. The summed E-state index contributed by atoms with van der Waals surface area (Å²) in [6.45, 7) is 3.46. The van der Waals surface area contributed by atoms with E-state index >= 15 is 0 Å². The van der Waals surface area contributed by atoms with Crippen molar-refractivity contribution < 1.29 is 9.59 Å². The molecule has 0 spiro atoms.